The lowest BCUT2D eigenvalue weighted by atomic mass is 10.2. The first kappa shape index (κ1) is 27.2. The minimum Gasteiger partial charge on any atom is -0.473 e. The number of carboxylic acid groups (broad SMARTS) is 2. The first-order valence-corrected chi connectivity index (χ1v) is 12.3. The fourth-order valence-corrected chi connectivity index (χ4v) is 4.90. The molecule has 0 atom stereocenters. The second-order valence-electron chi connectivity index (χ2n) is 7.31. The van der Waals surface area contributed by atoms with Gasteiger partial charge in [-0.2, -0.15) is 0 Å². The summed E-state index contributed by atoms with van der Waals surface area (Å²) in [7, 11) is -3.42. The highest BCUT2D eigenvalue weighted by Gasteiger charge is 2.26. The summed E-state index contributed by atoms with van der Waals surface area (Å²) in [5.74, 6) is -4.12. The molecule has 34 heavy (non-hydrogen) atoms. The molecule has 184 valence electrons. The van der Waals surface area contributed by atoms with Crippen molar-refractivity contribution < 1.29 is 33.0 Å². The van der Waals surface area contributed by atoms with Crippen molar-refractivity contribution in [2.45, 2.75) is 25.8 Å². The van der Waals surface area contributed by atoms with Gasteiger partial charge in [0.2, 0.25) is 10.0 Å². The van der Waals surface area contributed by atoms with E-state index >= 15 is 0 Å². The number of carbonyl (C=O) groups excluding carboxylic acids is 1. The third-order valence-corrected chi connectivity index (χ3v) is 7.06. The number of hydrogen-bond acceptors (Lipinski definition) is 7. The molecule has 0 unspecified atom stereocenters. The number of sulfonamides is 1. The molecular weight excluding hydrogens is 488 g/mol. The van der Waals surface area contributed by atoms with E-state index in [4.69, 9.17) is 31.4 Å². The third kappa shape index (κ3) is 8.36. The Kier molecular flexibility index (Phi) is 10.4. The molecule has 11 nitrogen and oxygen atoms in total. The molecule has 0 aromatic carbocycles. The number of hydrogen-bond donors (Lipinski definition) is 2. The SMILES string of the molecule is O=C(O)C(=O)O.O=C(c1cccnc1Cl)N(CCS(=O)(=O)N1CCCCC1)Cc1ccncc1. The van der Waals surface area contributed by atoms with Crippen molar-refractivity contribution in [3.8, 4) is 0 Å². The molecule has 1 saturated heterocycles. The highest BCUT2D eigenvalue weighted by atomic mass is 35.5. The maximum Gasteiger partial charge on any atom is 0.414 e. The van der Waals surface area contributed by atoms with Crippen molar-refractivity contribution in [2.24, 2.45) is 0 Å². The van der Waals surface area contributed by atoms with Crippen molar-refractivity contribution in [1.82, 2.24) is 19.2 Å². The van der Waals surface area contributed by atoms with E-state index in [1.165, 1.54) is 15.4 Å². The Bertz CT molecular complexity index is 1080. The molecule has 0 aliphatic carbocycles. The summed E-state index contributed by atoms with van der Waals surface area (Å²) in [4.78, 5) is 40.7. The normalized spacial score (nSPS) is 13.9. The monoisotopic (exact) mass is 512 g/mol. The second-order valence-corrected chi connectivity index (χ2v) is 9.76. The molecule has 0 radical (unpaired) electrons. The Hall–Kier alpha value is -3.09. The number of nitrogens with zero attached hydrogens (tertiary/aromatic N) is 4. The Balaban J connectivity index is 0.000000604. The summed E-state index contributed by atoms with van der Waals surface area (Å²) in [6, 6.07) is 6.82. The largest absolute Gasteiger partial charge is 0.473 e. The van der Waals surface area contributed by atoms with Crippen LogP contribution in [-0.4, -0.2) is 81.0 Å². The van der Waals surface area contributed by atoms with Gasteiger partial charge in [-0.3, -0.25) is 9.78 Å². The summed E-state index contributed by atoms with van der Waals surface area (Å²) < 4.78 is 26.9. The van der Waals surface area contributed by atoms with Gasteiger partial charge in [0.1, 0.15) is 5.15 Å². The van der Waals surface area contributed by atoms with Crippen LogP contribution in [0.15, 0.2) is 42.9 Å². The molecule has 1 amide bonds. The lowest BCUT2D eigenvalue weighted by Crippen LogP contribution is -2.41. The smallest absolute Gasteiger partial charge is 0.414 e. The number of carboxylic acids is 2. The zero-order valence-corrected chi connectivity index (χ0v) is 19.8. The Morgan fingerprint density at radius 3 is 2.18 bits per heavy atom. The number of aromatic nitrogens is 2. The molecule has 0 bridgehead atoms. The molecule has 2 N–H and O–H groups in total. The van der Waals surface area contributed by atoms with E-state index in [1.54, 1.807) is 36.7 Å². The van der Waals surface area contributed by atoms with Gasteiger partial charge in [-0.25, -0.2) is 27.3 Å². The predicted molar refractivity (Wildman–Crippen MR) is 123 cm³/mol. The minimum absolute atomic E-state index is 0.0746. The Morgan fingerprint density at radius 1 is 1.00 bits per heavy atom. The predicted octanol–water partition coefficient (Wildman–Crippen LogP) is 1.74. The highest BCUT2D eigenvalue weighted by molar-refractivity contribution is 7.89. The fourth-order valence-electron chi connectivity index (χ4n) is 3.17. The minimum atomic E-state index is -3.42. The van der Waals surface area contributed by atoms with E-state index < -0.39 is 22.0 Å². The molecule has 3 heterocycles. The summed E-state index contributed by atoms with van der Waals surface area (Å²) in [5.41, 5.74) is 1.12. The zero-order valence-electron chi connectivity index (χ0n) is 18.2. The van der Waals surface area contributed by atoms with Crippen molar-refractivity contribution >= 4 is 39.5 Å². The van der Waals surface area contributed by atoms with Crippen molar-refractivity contribution in [3.05, 3.63) is 59.1 Å². The molecule has 1 aliphatic heterocycles. The number of aliphatic carboxylic acids is 2. The standard InChI is InChI=1S/C19H23ClN4O3S.C2H2O4/c20-18-17(5-4-8-22-18)19(25)23(15-16-6-9-21-10-7-16)13-14-28(26,27)24-11-2-1-3-12-24;3-1(4)2(5)6/h4-10H,1-3,11-15H2;(H,3,4)(H,5,6). The molecule has 1 aliphatic rings. The number of pyridine rings is 2. The maximum absolute atomic E-state index is 13.0. The number of amides is 1. The summed E-state index contributed by atoms with van der Waals surface area (Å²) >= 11 is 6.08. The van der Waals surface area contributed by atoms with Crippen LogP contribution in [0, 0.1) is 0 Å². The van der Waals surface area contributed by atoms with Gasteiger partial charge in [-0.05, 0) is 42.7 Å². The van der Waals surface area contributed by atoms with Crippen LogP contribution >= 0.6 is 11.6 Å². The van der Waals surface area contributed by atoms with E-state index in [-0.39, 0.29) is 35.5 Å². The van der Waals surface area contributed by atoms with Crippen LogP contribution in [-0.2, 0) is 26.2 Å². The second kappa shape index (κ2) is 13.0. The van der Waals surface area contributed by atoms with Gasteiger partial charge >= 0.3 is 11.9 Å². The van der Waals surface area contributed by atoms with Gasteiger partial charge in [-0.15, -0.1) is 0 Å². The van der Waals surface area contributed by atoms with Crippen LogP contribution in [0.4, 0.5) is 0 Å². The van der Waals surface area contributed by atoms with Gasteiger partial charge in [0.15, 0.2) is 0 Å². The number of rotatable bonds is 7. The van der Waals surface area contributed by atoms with Gasteiger partial charge in [0.05, 0.1) is 11.3 Å². The molecule has 13 heteroatoms. The van der Waals surface area contributed by atoms with E-state index in [9.17, 15) is 13.2 Å². The quantitative estimate of drug-likeness (QED) is 0.416. The first-order valence-electron chi connectivity index (χ1n) is 10.3. The van der Waals surface area contributed by atoms with Crippen molar-refractivity contribution in [2.75, 3.05) is 25.4 Å². The lowest BCUT2D eigenvalue weighted by molar-refractivity contribution is -0.159. The van der Waals surface area contributed by atoms with Crippen LogP contribution in [0.1, 0.15) is 35.2 Å². The lowest BCUT2D eigenvalue weighted by Gasteiger charge is -2.28. The van der Waals surface area contributed by atoms with Crippen LogP contribution in [0.25, 0.3) is 0 Å². The van der Waals surface area contributed by atoms with Crippen LogP contribution < -0.4 is 0 Å². The summed E-state index contributed by atoms with van der Waals surface area (Å²) in [6.07, 6.45) is 7.60. The first-order chi connectivity index (χ1) is 16.1. The van der Waals surface area contributed by atoms with E-state index in [1.807, 2.05) is 0 Å². The number of halogens is 1. The number of piperidine rings is 1. The maximum atomic E-state index is 13.0. The molecule has 0 saturated carbocycles. The summed E-state index contributed by atoms with van der Waals surface area (Å²) in [6.45, 7) is 1.44. The Morgan fingerprint density at radius 2 is 1.62 bits per heavy atom. The van der Waals surface area contributed by atoms with Gasteiger partial charge < -0.3 is 15.1 Å². The molecule has 2 aromatic heterocycles. The average molecular weight is 513 g/mol. The van der Waals surface area contributed by atoms with E-state index in [0.29, 0.717) is 13.1 Å². The van der Waals surface area contributed by atoms with Gasteiger partial charge in [0, 0.05) is 44.8 Å². The Labute approximate surface area is 202 Å². The van der Waals surface area contributed by atoms with Crippen molar-refractivity contribution in [1.29, 1.82) is 0 Å². The molecule has 1 fully saturated rings. The zero-order chi connectivity index (χ0) is 25.1. The van der Waals surface area contributed by atoms with Crippen LogP contribution in [0.2, 0.25) is 5.15 Å². The molecule has 0 spiro atoms. The molecule has 3 rings (SSSR count). The molecular formula is C21H25ClN4O7S. The fraction of sp³-hybridized carbons (Fsp3) is 0.381. The molecule has 2 aromatic rings. The third-order valence-electron chi connectivity index (χ3n) is 4.91. The highest BCUT2D eigenvalue weighted by Crippen LogP contribution is 2.18. The van der Waals surface area contributed by atoms with Crippen molar-refractivity contribution in [3.63, 3.8) is 0 Å². The number of carbonyl (C=O) groups is 3. The van der Waals surface area contributed by atoms with Gasteiger partial charge in [-0.1, -0.05) is 18.0 Å². The van der Waals surface area contributed by atoms with E-state index in [0.717, 1.165) is 24.8 Å². The summed E-state index contributed by atoms with van der Waals surface area (Å²) in [5, 5.41) is 14.9. The average Bonchev–Trinajstić information content (AvgIpc) is 2.83. The topological polar surface area (TPSA) is 158 Å². The van der Waals surface area contributed by atoms with Gasteiger partial charge in [0.25, 0.3) is 5.91 Å². The van der Waals surface area contributed by atoms with Crippen LogP contribution in [0.3, 0.4) is 0 Å². The van der Waals surface area contributed by atoms with Crippen LogP contribution in [0.5, 0.6) is 0 Å². The van der Waals surface area contributed by atoms with E-state index in [2.05, 4.69) is 9.97 Å².